The van der Waals surface area contributed by atoms with Gasteiger partial charge in [0.1, 0.15) is 5.75 Å². The minimum absolute atomic E-state index is 0.562. The van der Waals surface area contributed by atoms with E-state index in [0.29, 0.717) is 6.04 Å². The van der Waals surface area contributed by atoms with E-state index in [1.54, 1.807) is 0 Å². The van der Waals surface area contributed by atoms with Gasteiger partial charge in [-0.15, -0.1) is 0 Å². The Morgan fingerprint density at radius 2 is 2.00 bits per heavy atom. The van der Waals surface area contributed by atoms with Crippen molar-refractivity contribution in [1.82, 2.24) is 0 Å². The molecule has 0 bridgehead atoms. The van der Waals surface area contributed by atoms with Crippen LogP contribution in [0.25, 0.3) is 0 Å². The fraction of sp³-hybridized carbons (Fsp3) is 0.647. The van der Waals surface area contributed by atoms with Crippen molar-refractivity contribution in [2.45, 2.75) is 57.9 Å². The van der Waals surface area contributed by atoms with Crippen molar-refractivity contribution >= 4 is 5.69 Å². The molecule has 0 amide bonds. The van der Waals surface area contributed by atoms with Gasteiger partial charge in [0.15, 0.2) is 0 Å². The second-order valence-corrected chi connectivity index (χ2v) is 6.19. The largest absolute Gasteiger partial charge is 0.491 e. The molecule has 19 heavy (non-hydrogen) atoms. The topological polar surface area (TPSA) is 21.3 Å². The summed E-state index contributed by atoms with van der Waals surface area (Å²) in [5, 5.41) is 3.59. The summed E-state index contributed by atoms with van der Waals surface area (Å²) in [5.41, 5.74) is 2.66. The Morgan fingerprint density at radius 3 is 2.84 bits per heavy atom. The third kappa shape index (κ3) is 3.05. The normalized spacial score (nSPS) is 23.5. The molecule has 104 valence electrons. The molecule has 1 aromatic rings. The molecule has 1 aliphatic carbocycles. The van der Waals surface area contributed by atoms with Gasteiger partial charge in [0.2, 0.25) is 0 Å². The zero-order valence-electron chi connectivity index (χ0n) is 12.0. The molecule has 1 unspecified atom stereocenters. The van der Waals surface area contributed by atoms with Gasteiger partial charge in [-0.05, 0) is 50.2 Å². The molecule has 1 aromatic carbocycles. The number of ether oxygens (including phenoxy) is 1. The molecule has 1 heterocycles. The van der Waals surface area contributed by atoms with Crippen LogP contribution in [0.5, 0.6) is 5.75 Å². The first kappa shape index (κ1) is 12.8. The Bertz CT molecular complexity index is 423. The molecular weight excluding hydrogens is 234 g/mol. The summed E-state index contributed by atoms with van der Waals surface area (Å²) in [7, 11) is 0. The smallest absolute Gasteiger partial charge is 0.142 e. The van der Waals surface area contributed by atoms with Crippen molar-refractivity contribution in [3.05, 3.63) is 23.8 Å². The summed E-state index contributed by atoms with van der Waals surface area (Å²) < 4.78 is 6.13. The Labute approximate surface area is 116 Å². The molecule has 1 fully saturated rings. The number of fused-ring (bicyclic) bond motifs is 1. The average molecular weight is 259 g/mol. The highest BCUT2D eigenvalue weighted by atomic mass is 16.5. The fourth-order valence-corrected chi connectivity index (χ4v) is 3.32. The van der Waals surface area contributed by atoms with E-state index < -0.39 is 0 Å². The summed E-state index contributed by atoms with van der Waals surface area (Å²) in [6.07, 6.45) is 9.27. The van der Waals surface area contributed by atoms with Gasteiger partial charge in [-0.1, -0.05) is 31.4 Å². The van der Waals surface area contributed by atoms with Gasteiger partial charge in [-0.25, -0.2) is 0 Å². The zero-order valence-corrected chi connectivity index (χ0v) is 12.0. The Kier molecular flexibility index (Phi) is 3.95. The maximum atomic E-state index is 6.13. The van der Waals surface area contributed by atoms with Crippen LogP contribution < -0.4 is 10.1 Å². The van der Waals surface area contributed by atoms with E-state index in [9.17, 15) is 0 Å². The minimum atomic E-state index is 0.562. The SMILES string of the molecule is CC1CCc2cccc(OCC3CCCCC3)c2N1. The molecular formula is C17H25NO. The van der Waals surface area contributed by atoms with Crippen LogP contribution in [0.15, 0.2) is 18.2 Å². The predicted octanol–water partition coefficient (Wildman–Crippen LogP) is 4.39. The van der Waals surface area contributed by atoms with Crippen LogP contribution in [0.3, 0.4) is 0 Å². The highest BCUT2D eigenvalue weighted by Crippen LogP contribution is 2.34. The molecule has 0 radical (unpaired) electrons. The molecule has 1 atom stereocenters. The summed E-state index contributed by atoms with van der Waals surface area (Å²) in [5.74, 6) is 1.83. The van der Waals surface area contributed by atoms with E-state index in [4.69, 9.17) is 4.74 Å². The molecule has 1 aliphatic heterocycles. The van der Waals surface area contributed by atoms with Gasteiger partial charge in [0.05, 0.1) is 12.3 Å². The average Bonchev–Trinajstić information content (AvgIpc) is 2.46. The monoisotopic (exact) mass is 259 g/mol. The number of para-hydroxylation sites is 1. The van der Waals surface area contributed by atoms with Gasteiger partial charge in [0.25, 0.3) is 0 Å². The first-order valence-electron chi connectivity index (χ1n) is 7.84. The zero-order chi connectivity index (χ0) is 13.1. The maximum absolute atomic E-state index is 6.13. The minimum Gasteiger partial charge on any atom is -0.491 e. The van der Waals surface area contributed by atoms with E-state index in [1.165, 1.54) is 56.2 Å². The lowest BCUT2D eigenvalue weighted by Gasteiger charge is -2.27. The lowest BCUT2D eigenvalue weighted by Crippen LogP contribution is -2.23. The van der Waals surface area contributed by atoms with Crippen LogP contribution in [0.2, 0.25) is 0 Å². The number of nitrogens with one attached hydrogen (secondary N) is 1. The van der Waals surface area contributed by atoms with Crippen LogP contribution in [-0.2, 0) is 6.42 Å². The van der Waals surface area contributed by atoms with Crippen LogP contribution in [0, 0.1) is 5.92 Å². The van der Waals surface area contributed by atoms with Crippen molar-refractivity contribution < 1.29 is 4.74 Å². The molecule has 0 aromatic heterocycles. The van der Waals surface area contributed by atoms with E-state index in [0.717, 1.165) is 18.3 Å². The molecule has 1 N–H and O–H groups in total. The van der Waals surface area contributed by atoms with Crippen molar-refractivity contribution in [2.24, 2.45) is 5.92 Å². The maximum Gasteiger partial charge on any atom is 0.142 e. The second kappa shape index (κ2) is 5.85. The van der Waals surface area contributed by atoms with E-state index in [1.807, 2.05) is 0 Å². The lowest BCUT2D eigenvalue weighted by molar-refractivity contribution is 0.209. The van der Waals surface area contributed by atoms with Crippen LogP contribution in [0.1, 0.15) is 51.0 Å². The van der Waals surface area contributed by atoms with Gasteiger partial charge in [0, 0.05) is 6.04 Å². The number of aryl methyl sites for hydroxylation is 1. The summed E-state index contributed by atoms with van der Waals surface area (Å²) in [6.45, 7) is 3.15. The second-order valence-electron chi connectivity index (χ2n) is 6.19. The van der Waals surface area contributed by atoms with Crippen LogP contribution in [0.4, 0.5) is 5.69 Å². The fourth-order valence-electron chi connectivity index (χ4n) is 3.32. The molecule has 0 spiro atoms. The first-order chi connectivity index (χ1) is 9.33. The third-order valence-corrected chi connectivity index (χ3v) is 4.55. The van der Waals surface area contributed by atoms with Gasteiger partial charge in [-0.2, -0.15) is 0 Å². The number of anilines is 1. The Balaban J connectivity index is 1.67. The van der Waals surface area contributed by atoms with Crippen molar-refractivity contribution in [1.29, 1.82) is 0 Å². The molecule has 2 heteroatoms. The predicted molar refractivity (Wildman–Crippen MR) is 79.9 cm³/mol. The first-order valence-corrected chi connectivity index (χ1v) is 7.84. The van der Waals surface area contributed by atoms with E-state index in [-0.39, 0.29) is 0 Å². The number of benzene rings is 1. The number of hydrogen-bond donors (Lipinski definition) is 1. The Morgan fingerprint density at radius 1 is 1.16 bits per heavy atom. The highest BCUT2D eigenvalue weighted by Gasteiger charge is 2.19. The van der Waals surface area contributed by atoms with Crippen molar-refractivity contribution in [3.8, 4) is 5.75 Å². The van der Waals surface area contributed by atoms with Crippen molar-refractivity contribution in [3.63, 3.8) is 0 Å². The molecule has 0 saturated heterocycles. The van der Waals surface area contributed by atoms with Crippen molar-refractivity contribution in [2.75, 3.05) is 11.9 Å². The van der Waals surface area contributed by atoms with Crippen LogP contribution in [-0.4, -0.2) is 12.6 Å². The van der Waals surface area contributed by atoms with Gasteiger partial charge < -0.3 is 10.1 Å². The molecule has 2 aliphatic rings. The summed E-state index contributed by atoms with van der Waals surface area (Å²) in [4.78, 5) is 0. The van der Waals surface area contributed by atoms with Crippen LogP contribution >= 0.6 is 0 Å². The van der Waals surface area contributed by atoms with E-state index in [2.05, 4.69) is 30.4 Å². The lowest BCUT2D eigenvalue weighted by atomic mass is 9.90. The van der Waals surface area contributed by atoms with Gasteiger partial charge >= 0.3 is 0 Å². The Hall–Kier alpha value is -1.18. The molecule has 1 saturated carbocycles. The third-order valence-electron chi connectivity index (χ3n) is 4.55. The number of hydrogen-bond acceptors (Lipinski definition) is 2. The standard InChI is InChI=1S/C17H25NO/c1-13-10-11-15-8-5-9-16(17(15)18-13)19-12-14-6-3-2-4-7-14/h5,8-9,13-14,18H,2-4,6-7,10-12H2,1H3. The van der Waals surface area contributed by atoms with Gasteiger partial charge in [-0.3, -0.25) is 0 Å². The number of rotatable bonds is 3. The highest BCUT2D eigenvalue weighted by molar-refractivity contribution is 5.63. The quantitative estimate of drug-likeness (QED) is 0.869. The van der Waals surface area contributed by atoms with E-state index >= 15 is 0 Å². The summed E-state index contributed by atoms with van der Waals surface area (Å²) >= 11 is 0. The molecule has 2 nitrogen and oxygen atoms in total. The summed E-state index contributed by atoms with van der Waals surface area (Å²) in [6, 6.07) is 7.04. The molecule has 3 rings (SSSR count).